The fourth-order valence-electron chi connectivity index (χ4n) is 1.72. The molecule has 2 aromatic rings. The maximum absolute atomic E-state index is 14.2. The molecule has 1 aromatic heterocycles. The van der Waals surface area contributed by atoms with Crippen molar-refractivity contribution < 1.29 is 9.13 Å². The minimum Gasteiger partial charge on any atom is -0.471 e. The van der Waals surface area contributed by atoms with Crippen LogP contribution in [0.4, 0.5) is 4.39 Å². The summed E-state index contributed by atoms with van der Waals surface area (Å²) in [5.74, 6) is -0.364. The number of pyridine rings is 1. The van der Waals surface area contributed by atoms with E-state index < -0.39 is 5.82 Å². The first-order valence-corrected chi connectivity index (χ1v) is 7.22. The number of aromatic nitrogens is 1. The summed E-state index contributed by atoms with van der Waals surface area (Å²) in [6.45, 7) is 3.50. The van der Waals surface area contributed by atoms with Gasteiger partial charge in [-0.3, -0.25) is 0 Å². The summed E-state index contributed by atoms with van der Waals surface area (Å²) in [6.07, 6.45) is 1.56. The quantitative estimate of drug-likeness (QED) is 0.872. The summed E-state index contributed by atoms with van der Waals surface area (Å²) in [5, 5.41) is 3.08. The topological polar surface area (TPSA) is 34.2 Å². The van der Waals surface area contributed by atoms with Crippen LogP contribution in [-0.4, -0.2) is 11.5 Å². The molecule has 0 amide bonds. The molecule has 0 bridgehead atoms. The van der Waals surface area contributed by atoms with Gasteiger partial charge in [-0.2, -0.15) is 0 Å². The molecule has 0 aliphatic heterocycles. The zero-order valence-electron chi connectivity index (χ0n) is 11.2. The van der Waals surface area contributed by atoms with E-state index in [1.807, 2.05) is 31.2 Å². The smallest absolute Gasteiger partial charge is 0.251 e. The van der Waals surface area contributed by atoms with Crippen molar-refractivity contribution >= 4 is 15.9 Å². The Morgan fingerprint density at radius 2 is 2.05 bits per heavy atom. The van der Waals surface area contributed by atoms with E-state index >= 15 is 0 Å². The first-order chi connectivity index (χ1) is 9.72. The van der Waals surface area contributed by atoms with Gasteiger partial charge in [0.15, 0.2) is 5.82 Å². The fraction of sp³-hybridized carbons (Fsp3) is 0.267. The van der Waals surface area contributed by atoms with E-state index in [-0.39, 0.29) is 12.5 Å². The van der Waals surface area contributed by atoms with E-state index in [4.69, 9.17) is 4.74 Å². The molecule has 0 saturated carbocycles. The monoisotopic (exact) mass is 338 g/mol. The van der Waals surface area contributed by atoms with Gasteiger partial charge in [0.05, 0.1) is 0 Å². The van der Waals surface area contributed by atoms with Crippen molar-refractivity contribution in [1.29, 1.82) is 0 Å². The number of nitrogens with zero attached hydrogens (tertiary/aromatic N) is 1. The highest BCUT2D eigenvalue weighted by Gasteiger charge is 2.11. The molecule has 0 spiro atoms. The molecule has 0 atom stereocenters. The Kier molecular flexibility index (Phi) is 5.49. The molecule has 0 unspecified atom stereocenters. The van der Waals surface area contributed by atoms with Gasteiger partial charge in [-0.25, -0.2) is 9.37 Å². The lowest BCUT2D eigenvalue weighted by Gasteiger charge is -2.10. The number of benzene rings is 1. The Labute approximate surface area is 126 Å². The van der Waals surface area contributed by atoms with Crippen molar-refractivity contribution in [2.45, 2.75) is 20.1 Å². The maximum Gasteiger partial charge on any atom is 0.251 e. The molecule has 5 heteroatoms. The number of rotatable bonds is 6. The summed E-state index contributed by atoms with van der Waals surface area (Å²) in [7, 11) is 0. The average molecular weight is 339 g/mol. The van der Waals surface area contributed by atoms with Crippen molar-refractivity contribution in [1.82, 2.24) is 10.3 Å². The summed E-state index contributed by atoms with van der Waals surface area (Å²) in [6, 6.07) is 9.33. The van der Waals surface area contributed by atoms with Gasteiger partial charge >= 0.3 is 0 Å². The van der Waals surface area contributed by atoms with E-state index in [0.29, 0.717) is 12.1 Å². The third-order valence-electron chi connectivity index (χ3n) is 2.82. The van der Waals surface area contributed by atoms with Crippen LogP contribution in [-0.2, 0) is 13.2 Å². The Morgan fingerprint density at radius 1 is 1.25 bits per heavy atom. The zero-order valence-corrected chi connectivity index (χ0v) is 12.8. The normalized spacial score (nSPS) is 10.6. The van der Waals surface area contributed by atoms with E-state index in [1.165, 1.54) is 0 Å². The first-order valence-electron chi connectivity index (χ1n) is 6.42. The van der Waals surface area contributed by atoms with Crippen molar-refractivity contribution in [2.24, 2.45) is 0 Å². The highest BCUT2D eigenvalue weighted by molar-refractivity contribution is 9.10. The predicted octanol–water partition coefficient (Wildman–Crippen LogP) is 3.67. The third kappa shape index (κ3) is 3.77. The minimum atomic E-state index is -0.402. The molecule has 0 fully saturated rings. The summed E-state index contributed by atoms with van der Waals surface area (Å²) in [5.41, 5.74) is 1.51. The van der Waals surface area contributed by atoms with Crippen LogP contribution in [0.15, 0.2) is 41.0 Å². The third-order valence-corrected chi connectivity index (χ3v) is 3.60. The largest absolute Gasteiger partial charge is 0.471 e. The van der Waals surface area contributed by atoms with Crippen molar-refractivity contribution in [2.75, 3.05) is 6.54 Å². The van der Waals surface area contributed by atoms with Gasteiger partial charge in [0.2, 0.25) is 0 Å². The lowest BCUT2D eigenvalue weighted by molar-refractivity contribution is 0.275. The Balaban J connectivity index is 2.08. The van der Waals surface area contributed by atoms with Crippen LogP contribution in [0.3, 0.4) is 0 Å². The molecule has 3 nitrogen and oxygen atoms in total. The minimum absolute atomic E-state index is 0.0381. The van der Waals surface area contributed by atoms with Crippen LogP contribution in [0.25, 0.3) is 0 Å². The molecule has 0 saturated heterocycles. The molecule has 0 aliphatic carbocycles. The van der Waals surface area contributed by atoms with E-state index in [2.05, 4.69) is 26.2 Å². The van der Waals surface area contributed by atoms with E-state index in [1.54, 1.807) is 12.3 Å². The molecule has 20 heavy (non-hydrogen) atoms. The van der Waals surface area contributed by atoms with Gasteiger partial charge in [0, 0.05) is 28.3 Å². The van der Waals surface area contributed by atoms with Crippen LogP contribution in [0, 0.1) is 5.82 Å². The SMILES string of the molecule is CCNCc1ccnc(OCc2ccccc2Br)c1F. The zero-order chi connectivity index (χ0) is 14.4. The molecule has 1 aromatic carbocycles. The number of nitrogens with one attached hydrogen (secondary N) is 1. The van der Waals surface area contributed by atoms with Crippen LogP contribution in [0.1, 0.15) is 18.1 Å². The molecule has 0 radical (unpaired) electrons. The predicted molar refractivity (Wildman–Crippen MR) is 80.0 cm³/mol. The van der Waals surface area contributed by atoms with Gasteiger partial charge in [-0.1, -0.05) is 41.1 Å². The van der Waals surface area contributed by atoms with Gasteiger partial charge < -0.3 is 10.1 Å². The highest BCUT2D eigenvalue weighted by Crippen LogP contribution is 2.21. The Morgan fingerprint density at radius 3 is 2.80 bits per heavy atom. The van der Waals surface area contributed by atoms with Crippen molar-refractivity contribution in [3.8, 4) is 5.88 Å². The lowest BCUT2D eigenvalue weighted by Crippen LogP contribution is -2.13. The molecule has 106 valence electrons. The molecular weight excluding hydrogens is 323 g/mol. The van der Waals surface area contributed by atoms with Crippen LogP contribution in [0.5, 0.6) is 5.88 Å². The van der Waals surface area contributed by atoms with Crippen LogP contribution >= 0.6 is 15.9 Å². The van der Waals surface area contributed by atoms with Gasteiger partial charge in [0.1, 0.15) is 6.61 Å². The molecular formula is C15H16BrFN2O. The second-order valence-electron chi connectivity index (χ2n) is 4.25. The second-order valence-corrected chi connectivity index (χ2v) is 5.10. The van der Waals surface area contributed by atoms with Crippen molar-refractivity contribution in [3.05, 3.63) is 57.9 Å². The molecule has 0 aliphatic rings. The number of hydrogen-bond donors (Lipinski definition) is 1. The Bertz CT molecular complexity index is 578. The average Bonchev–Trinajstić information content (AvgIpc) is 2.46. The van der Waals surface area contributed by atoms with E-state index in [0.717, 1.165) is 16.6 Å². The van der Waals surface area contributed by atoms with Gasteiger partial charge in [-0.15, -0.1) is 0 Å². The second kappa shape index (κ2) is 7.36. The number of hydrogen-bond acceptors (Lipinski definition) is 3. The number of ether oxygens (including phenoxy) is 1. The molecule has 2 rings (SSSR count). The highest BCUT2D eigenvalue weighted by atomic mass is 79.9. The molecule has 1 heterocycles. The van der Waals surface area contributed by atoms with Crippen molar-refractivity contribution in [3.63, 3.8) is 0 Å². The van der Waals surface area contributed by atoms with Gasteiger partial charge in [0.25, 0.3) is 5.88 Å². The summed E-state index contributed by atoms with van der Waals surface area (Å²) >= 11 is 3.43. The Hall–Kier alpha value is -1.46. The summed E-state index contributed by atoms with van der Waals surface area (Å²) < 4.78 is 20.6. The van der Waals surface area contributed by atoms with Gasteiger partial charge in [-0.05, 0) is 18.7 Å². The van der Waals surface area contributed by atoms with Crippen LogP contribution in [0.2, 0.25) is 0 Å². The summed E-state index contributed by atoms with van der Waals surface area (Å²) in [4.78, 5) is 3.95. The molecule has 1 N–H and O–H groups in total. The van der Waals surface area contributed by atoms with E-state index in [9.17, 15) is 4.39 Å². The fourth-order valence-corrected chi connectivity index (χ4v) is 2.12. The standard InChI is InChI=1S/C15H16BrFN2O/c1-2-18-9-11-7-8-19-15(14(11)17)20-10-12-5-3-4-6-13(12)16/h3-8,18H,2,9-10H2,1H3. The van der Waals surface area contributed by atoms with Crippen LogP contribution < -0.4 is 10.1 Å². The maximum atomic E-state index is 14.2. The lowest BCUT2D eigenvalue weighted by atomic mass is 10.2. The number of halogens is 2. The first kappa shape index (κ1) is 14.9.